The second kappa shape index (κ2) is 7.97. The van der Waals surface area contributed by atoms with Gasteiger partial charge in [-0.05, 0) is 30.5 Å². The van der Waals surface area contributed by atoms with Gasteiger partial charge >= 0.3 is 0 Å². The predicted octanol–water partition coefficient (Wildman–Crippen LogP) is 3.35. The molecule has 0 radical (unpaired) electrons. The van der Waals surface area contributed by atoms with Gasteiger partial charge in [0.15, 0.2) is 0 Å². The van der Waals surface area contributed by atoms with Crippen molar-refractivity contribution in [2.45, 2.75) is 25.7 Å². The first-order chi connectivity index (χ1) is 8.63. The van der Waals surface area contributed by atoms with Crippen molar-refractivity contribution in [3.8, 4) is 6.07 Å². The van der Waals surface area contributed by atoms with Gasteiger partial charge in [0.2, 0.25) is 5.91 Å². The lowest BCUT2D eigenvalue weighted by atomic mass is 10.1. The largest absolute Gasteiger partial charge is 0.356 e. The highest BCUT2D eigenvalue weighted by atomic mass is 35.5. The Morgan fingerprint density at radius 1 is 1.28 bits per heavy atom. The zero-order chi connectivity index (χ0) is 13.4. The SMILES string of the molecule is N#CCCCCNC(=O)Cc1ccc(Cl)c(Cl)c1. The number of carbonyl (C=O) groups is 1. The molecule has 0 fully saturated rings. The maximum atomic E-state index is 11.6. The molecular formula is C13H14Cl2N2O. The highest BCUT2D eigenvalue weighted by Crippen LogP contribution is 2.22. The summed E-state index contributed by atoms with van der Waals surface area (Å²) in [6.07, 6.45) is 2.45. The molecule has 0 atom stereocenters. The van der Waals surface area contributed by atoms with Crippen molar-refractivity contribution in [1.29, 1.82) is 5.26 Å². The molecule has 1 N–H and O–H groups in total. The molecule has 1 rings (SSSR count). The smallest absolute Gasteiger partial charge is 0.224 e. The molecule has 0 aliphatic heterocycles. The van der Waals surface area contributed by atoms with Crippen molar-refractivity contribution >= 4 is 29.1 Å². The van der Waals surface area contributed by atoms with Crippen LogP contribution in [0.1, 0.15) is 24.8 Å². The molecule has 0 aromatic heterocycles. The Morgan fingerprint density at radius 2 is 2.06 bits per heavy atom. The van der Waals surface area contributed by atoms with Crippen molar-refractivity contribution in [2.24, 2.45) is 0 Å². The number of carbonyl (C=O) groups excluding carboxylic acids is 1. The Bertz CT molecular complexity index is 455. The molecule has 1 amide bonds. The number of nitrogens with zero attached hydrogens (tertiary/aromatic N) is 1. The number of halogens is 2. The third-order valence-electron chi connectivity index (χ3n) is 2.39. The van der Waals surface area contributed by atoms with Crippen molar-refractivity contribution in [3.05, 3.63) is 33.8 Å². The van der Waals surface area contributed by atoms with Crippen molar-refractivity contribution in [3.63, 3.8) is 0 Å². The summed E-state index contributed by atoms with van der Waals surface area (Å²) in [5, 5.41) is 12.1. The number of benzene rings is 1. The Hall–Kier alpha value is -1.24. The Morgan fingerprint density at radius 3 is 2.72 bits per heavy atom. The Balaban J connectivity index is 2.31. The van der Waals surface area contributed by atoms with E-state index in [1.807, 2.05) is 0 Å². The number of hydrogen-bond donors (Lipinski definition) is 1. The number of unbranched alkanes of at least 4 members (excludes halogenated alkanes) is 2. The van der Waals surface area contributed by atoms with Crippen LogP contribution in [0.4, 0.5) is 0 Å². The summed E-state index contributed by atoms with van der Waals surface area (Å²) >= 11 is 11.7. The molecule has 3 nitrogen and oxygen atoms in total. The summed E-state index contributed by atoms with van der Waals surface area (Å²) in [5.41, 5.74) is 0.832. The lowest BCUT2D eigenvalue weighted by molar-refractivity contribution is -0.120. The van der Waals surface area contributed by atoms with E-state index in [2.05, 4.69) is 11.4 Å². The number of amides is 1. The van der Waals surface area contributed by atoms with Crippen LogP contribution in [0.5, 0.6) is 0 Å². The van der Waals surface area contributed by atoms with E-state index >= 15 is 0 Å². The minimum absolute atomic E-state index is 0.0506. The molecule has 18 heavy (non-hydrogen) atoms. The van der Waals surface area contributed by atoms with Gasteiger partial charge in [-0.25, -0.2) is 0 Å². The average Bonchev–Trinajstić information content (AvgIpc) is 2.34. The van der Waals surface area contributed by atoms with Gasteiger partial charge in [0.05, 0.1) is 22.5 Å². The number of nitriles is 1. The van der Waals surface area contributed by atoms with E-state index in [-0.39, 0.29) is 12.3 Å². The average molecular weight is 285 g/mol. The van der Waals surface area contributed by atoms with Crippen LogP contribution in [0.3, 0.4) is 0 Å². The highest BCUT2D eigenvalue weighted by molar-refractivity contribution is 6.42. The highest BCUT2D eigenvalue weighted by Gasteiger charge is 2.05. The maximum absolute atomic E-state index is 11.6. The van der Waals surface area contributed by atoms with E-state index in [4.69, 9.17) is 28.5 Å². The second-order valence-corrected chi connectivity index (χ2v) is 4.70. The van der Waals surface area contributed by atoms with E-state index in [0.717, 1.165) is 18.4 Å². The van der Waals surface area contributed by atoms with Crippen LogP contribution < -0.4 is 5.32 Å². The molecule has 0 spiro atoms. The Labute approximate surface area is 117 Å². The van der Waals surface area contributed by atoms with Crippen LogP contribution >= 0.6 is 23.2 Å². The number of hydrogen-bond acceptors (Lipinski definition) is 2. The van der Waals surface area contributed by atoms with Crippen LogP contribution in [-0.2, 0) is 11.2 Å². The number of nitrogens with one attached hydrogen (secondary N) is 1. The molecule has 0 saturated heterocycles. The molecule has 0 aliphatic rings. The molecule has 5 heteroatoms. The predicted molar refractivity (Wildman–Crippen MR) is 72.6 cm³/mol. The standard InChI is InChI=1S/C13H14Cl2N2O/c14-11-5-4-10(8-12(11)15)9-13(18)17-7-3-1-2-6-16/h4-5,8H,1-3,7,9H2,(H,17,18). The van der Waals surface area contributed by atoms with Gasteiger partial charge in [-0.1, -0.05) is 29.3 Å². The molecular weight excluding hydrogens is 271 g/mol. The van der Waals surface area contributed by atoms with Crippen LogP contribution in [0.2, 0.25) is 10.0 Å². The first kappa shape index (κ1) is 14.8. The van der Waals surface area contributed by atoms with Crippen molar-refractivity contribution in [1.82, 2.24) is 5.32 Å². The lowest BCUT2D eigenvalue weighted by Gasteiger charge is -2.05. The summed E-state index contributed by atoms with van der Waals surface area (Å²) in [5.74, 6) is -0.0506. The molecule has 96 valence electrons. The molecule has 1 aromatic carbocycles. The van der Waals surface area contributed by atoms with Crippen LogP contribution in [-0.4, -0.2) is 12.5 Å². The third kappa shape index (κ3) is 5.39. The fraction of sp³-hybridized carbons (Fsp3) is 0.385. The fourth-order valence-corrected chi connectivity index (χ4v) is 1.78. The van der Waals surface area contributed by atoms with Gasteiger partial charge in [0.1, 0.15) is 0 Å². The van der Waals surface area contributed by atoms with Crippen LogP contribution in [0.25, 0.3) is 0 Å². The van der Waals surface area contributed by atoms with E-state index in [0.29, 0.717) is 23.0 Å². The molecule has 0 heterocycles. The molecule has 0 saturated carbocycles. The van der Waals surface area contributed by atoms with E-state index in [9.17, 15) is 4.79 Å². The first-order valence-electron chi connectivity index (χ1n) is 5.71. The van der Waals surface area contributed by atoms with Gasteiger partial charge in [-0.3, -0.25) is 4.79 Å². The second-order valence-electron chi connectivity index (χ2n) is 3.89. The molecule has 0 unspecified atom stereocenters. The molecule has 1 aromatic rings. The zero-order valence-corrected chi connectivity index (χ0v) is 11.4. The summed E-state index contributed by atoms with van der Waals surface area (Å²) in [4.78, 5) is 11.6. The topological polar surface area (TPSA) is 52.9 Å². The van der Waals surface area contributed by atoms with Gasteiger partial charge in [-0.2, -0.15) is 5.26 Å². The third-order valence-corrected chi connectivity index (χ3v) is 3.13. The maximum Gasteiger partial charge on any atom is 0.224 e. The summed E-state index contributed by atoms with van der Waals surface area (Å²) in [7, 11) is 0. The minimum Gasteiger partial charge on any atom is -0.356 e. The lowest BCUT2D eigenvalue weighted by Crippen LogP contribution is -2.26. The zero-order valence-electron chi connectivity index (χ0n) is 9.88. The van der Waals surface area contributed by atoms with E-state index < -0.39 is 0 Å². The van der Waals surface area contributed by atoms with Crippen LogP contribution in [0.15, 0.2) is 18.2 Å². The minimum atomic E-state index is -0.0506. The van der Waals surface area contributed by atoms with Gasteiger partial charge < -0.3 is 5.32 Å². The first-order valence-corrected chi connectivity index (χ1v) is 6.46. The molecule has 0 bridgehead atoms. The summed E-state index contributed by atoms with van der Waals surface area (Å²) in [6, 6.07) is 7.22. The number of rotatable bonds is 6. The van der Waals surface area contributed by atoms with Crippen LogP contribution in [0, 0.1) is 11.3 Å². The summed E-state index contributed by atoms with van der Waals surface area (Å²) in [6.45, 7) is 0.599. The van der Waals surface area contributed by atoms with Gasteiger partial charge in [0.25, 0.3) is 0 Å². The van der Waals surface area contributed by atoms with E-state index in [1.54, 1.807) is 18.2 Å². The fourth-order valence-electron chi connectivity index (χ4n) is 1.45. The van der Waals surface area contributed by atoms with Gasteiger partial charge in [0, 0.05) is 13.0 Å². The summed E-state index contributed by atoms with van der Waals surface area (Å²) < 4.78 is 0. The normalized spacial score (nSPS) is 9.83. The molecule has 0 aliphatic carbocycles. The van der Waals surface area contributed by atoms with Crippen molar-refractivity contribution in [2.75, 3.05) is 6.54 Å². The van der Waals surface area contributed by atoms with Crippen molar-refractivity contribution < 1.29 is 4.79 Å². The van der Waals surface area contributed by atoms with Gasteiger partial charge in [-0.15, -0.1) is 0 Å². The van der Waals surface area contributed by atoms with E-state index in [1.165, 1.54) is 0 Å². The quantitative estimate of drug-likeness (QED) is 0.815. The Kier molecular flexibility index (Phi) is 6.56. The monoisotopic (exact) mass is 284 g/mol.